The summed E-state index contributed by atoms with van der Waals surface area (Å²) in [4.78, 5) is 10.4. The molecule has 1 saturated carbocycles. The molecule has 2 atom stereocenters. The van der Waals surface area contributed by atoms with Crippen LogP contribution in [0.5, 0.6) is 0 Å². The summed E-state index contributed by atoms with van der Waals surface area (Å²) in [7, 11) is 1.73. The Kier molecular flexibility index (Phi) is 3.06. The molecule has 0 bridgehead atoms. The van der Waals surface area contributed by atoms with E-state index < -0.39 is 0 Å². The van der Waals surface area contributed by atoms with E-state index in [1.54, 1.807) is 13.2 Å². The molecule has 1 spiro atoms. The van der Waals surface area contributed by atoms with Crippen LogP contribution < -0.4 is 10.6 Å². The van der Waals surface area contributed by atoms with Gasteiger partial charge in [-0.05, 0) is 12.8 Å². The molecule has 0 aromatic carbocycles. The van der Waals surface area contributed by atoms with Crippen molar-refractivity contribution in [3.63, 3.8) is 0 Å². The first kappa shape index (κ1) is 12.6. The van der Waals surface area contributed by atoms with Crippen LogP contribution in [0.2, 0.25) is 0 Å². The SMILES string of the molecule is COC1CC(O)C12CCN(c1cc(N)ncn1)CC2. The molecule has 2 fully saturated rings. The Bertz CT molecular complexity index is 460. The van der Waals surface area contributed by atoms with Gasteiger partial charge in [0.25, 0.3) is 0 Å². The van der Waals surface area contributed by atoms with Crippen LogP contribution in [0.1, 0.15) is 19.3 Å². The number of aliphatic hydroxyl groups excluding tert-OH is 1. The molecule has 3 N–H and O–H groups in total. The molecule has 0 amide bonds. The molecule has 3 rings (SSSR count). The van der Waals surface area contributed by atoms with E-state index in [1.807, 2.05) is 0 Å². The smallest absolute Gasteiger partial charge is 0.134 e. The van der Waals surface area contributed by atoms with E-state index >= 15 is 0 Å². The number of anilines is 2. The molecule has 2 aliphatic rings. The number of nitrogens with zero attached hydrogens (tertiary/aromatic N) is 3. The van der Waals surface area contributed by atoms with E-state index in [-0.39, 0.29) is 17.6 Å². The third-order valence-electron chi connectivity index (χ3n) is 4.72. The lowest BCUT2D eigenvalue weighted by Gasteiger charge is -2.56. The van der Waals surface area contributed by atoms with Gasteiger partial charge in [0.05, 0.1) is 12.2 Å². The third-order valence-corrected chi connectivity index (χ3v) is 4.72. The van der Waals surface area contributed by atoms with Gasteiger partial charge >= 0.3 is 0 Å². The average molecular weight is 264 g/mol. The maximum Gasteiger partial charge on any atom is 0.134 e. The predicted molar refractivity (Wildman–Crippen MR) is 71.7 cm³/mol. The van der Waals surface area contributed by atoms with Crippen molar-refractivity contribution in [2.45, 2.75) is 31.5 Å². The van der Waals surface area contributed by atoms with Gasteiger partial charge in [0.1, 0.15) is 18.0 Å². The first-order chi connectivity index (χ1) is 9.15. The van der Waals surface area contributed by atoms with E-state index in [0.717, 1.165) is 38.2 Å². The highest BCUT2D eigenvalue weighted by Crippen LogP contribution is 2.50. The van der Waals surface area contributed by atoms with Gasteiger partial charge in [0.15, 0.2) is 0 Å². The number of nitrogen functional groups attached to an aromatic ring is 1. The molecular weight excluding hydrogens is 244 g/mol. The van der Waals surface area contributed by atoms with Gasteiger partial charge in [0, 0.05) is 38.1 Å². The lowest BCUT2D eigenvalue weighted by Crippen LogP contribution is -2.62. The number of hydrogen-bond donors (Lipinski definition) is 2. The van der Waals surface area contributed by atoms with Crippen molar-refractivity contribution in [3.8, 4) is 0 Å². The van der Waals surface area contributed by atoms with Crippen LogP contribution in [-0.4, -0.2) is 47.5 Å². The van der Waals surface area contributed by atoms with Gasteiger partial charge in [-0.3, -0.25) is 0 Å². The van der Waals surface area contributed by atoms with E-state index in [4.69, 9.17) is 10.5 Å². The molecular formula is C13H20N4O2. The Morgan fingerprint density at radius 2 is 2.16 bits per heavy atom. The summed E-state index contributed by atoms with van der Waals surface area (Å²) in [6.07, 6.45) is 4.07. The molecule has 104 valence electrons. The third kappa shape index (κ3) is 1.95. The van der Waals surface area contributed by atoms with Crippen molar-refractivity contribution in [1.29, 1.82) is 0 Å². The molecule has 1 saturated heterocycles. The Morgan fingerprint density at radius 3 is 2.74 bits per heavy atom. The summed E-state index contributed by atoms with van der Waals surface area (Å²) in [6, 6.07) is 1.79. The number of nitrogens with two attached hydrogens (primary N) is 1. The number of rotatable bonds is 2. The van der Waals surface area contributed by atoms with Crippen LogP contribution in [0.4, 0.5) is 11.6 Å². The number of ether oxygens (including phenoxy) is 1. The van der Waals surface area contributed by atoms with E-state index in [2.05, 4.69) is 14.9 Å². The topological polar surface area (TPSA) is 84.5 Å². The number of piperidine rings is 1. The first-order valence-electron chi connectivity index (χ1n) is 6.69. The Labute approximate surface area is 112 Å². The van der Waals surface area contributed by atoms with Crippen LogP contribution in [0.3, 0.4) is 0 Å². The summed E-state index contributed by atoms with van der Waals surface area (Å²) >= 11 is 0. The van der Waals surface area contributed by atoms with Crippen molar-refractivity contribution >= 4 is 11.6 Å². The minimum Gasteiger partial charge on any atom is -0.392 e. The number of methoxy groups -OCH3 is 1. The molecule has 6 nitrogen and oxygen atoms in total. The molecule has 2 unspecified atom stereocenters. The molecule has 0 radical (unpaired) electrons. The maximum atomic E-state index is 10.1. The number of aromatic nitrogens is 2. The predicted octanol–water partition coefficient (Wildman–Crippen LogP) is 0.425. The zero-order chi connectivity index (χ0) is 13.5. The summed E-state index contributed by atoms with van der Waals surface area (Å²) < 4.78 is 5.49. The quantitative estimate of drug-likeness (QED) is 0.805. The highest BCUT2D eigenvalue weighted by Gasteiger charge is 2.55. The second kappa shape index (κ2) is 4.61. The molecule has 6 heteroatoms. The van der Waals surface area contributed by atoms with Crippen molar-refractivity contribution < 1.29 is 9.84 Å². The lowest BCUT2D eigenvalue weighted by molar-refractivity contribution is -0.190. The first-order valence-corrected chi connectivity index (χ1v) is 6.69. The fourth-order valence-corrected chi connectivity index (χ4v) is 3.40. The molecule has 1 aliphatic carbocycles. The summed E-state index contributed by atoms with van der Waals surface area (Å²) in [5, 5.41) is 10.1. The molecule has 19 heavy (non-hydrogen) atoms. The number of aliphatic hydroxyl groups is 1. The average Bonchev–Trinajstić information content (AvgIpc) is 2.44. The monoisotopic (exact) mass is 264 g/mol. The fourth-order valence-electron chi connectivity index (χ4n) is 3.40. The molecule has 2 heterocycles. The minimum absolute atomic E-state index is 0.0518. The minimum atomic E-state index is -0.227. The zero-order valence-corrected chi connectivity index (χ0v) is 11.1. The second-order valence-electron chi connectivity index (χ2n) is 5.50. The van der Waals surface area contributed by atoms with Gasteiger partial charge < -0.3 is 20.5 Å². The standard InChI is InChI=1S/C13H20N4O2/c1-19-10-6-9(18)13(10)2-4-17(5-3-13)12-7-11(14)15-8-16-12/h7-10,18H,2-6H2,1H3,(H2,14,15,16). The van der Waals surface area contributed by atoms with Crippen LogP contribution in [-0.2, 0) is 4.74 Å². The van der Waals surface area contributed by atoms with Crippen molar-refractivity contribution in [1.82, 2.24) is 9.97 Å². The van der Waals surface area contributed by atoms with Gasteiger partial charge in [-0.15, -0.1) is 0 Å². The van der Waals surface area contributed by atoms with E-state index in [0.29, 0.717) is 5.82 Å². The molecule has 1 aromatic rings. The Balaban J connectivity index is 1.70. The highest BCUT2D eigenvalue weighted by molar-refractivity contribution is 5.46. The Hall–Kier alpha value is -1.40. The highest BCUT2D eigenvalue weighted by atomic mass is 16.5. The lowest BCUT2D eigenvalue weighted by atomic mass is 9.58. The zero-order valence-electron chi connectivity index (χ0n) is 11.1. The largest absolute Gasteiger partial charge is 0.392 e. The van der Waals surface area contributed by atoms with Gasteiger partial charge in [0.2, 0.25) is 0 Å². The van der Waals surface area contributed by atoms with Crippen LogP contribution in [0, 0.1) is 5.41 Å². The van der Waals surface area contributed by atoms with Crippen molar-refractivity contribution in [2.75, 3.05) is 30.8 Å². The van der Waals surface area contributed by atoms with Crippen molar-refractivity contribution in [2.24, 2.45) is 5.41 Å². The van der Waals surface area contributed by atoms with Gasteiger partial charge in [-0.25, -0.2) is 9.97 Å². The Morgan fingerprint density at radius 1 is 1.42 bits per heavy atom. The summed E-state index contributed by atoms with van der Waals surface area (Å²) in [5.74, 6) is 1.36. The maximum absolute atomic E-state index is 10.1. The van der Waals surface area contributed by atoms with E-state index in [1.165, 1.54) is 6.33 Å². The van der Waals surface area contributed by atoms with Gasteiger partial charge in [-0.1, -0.05) is 0 Å². The number of hydrogen-bond acceptors (Lipinski definition) is 6. The summed E-state index contributed by atoms with van der Waals surface area (Å²) in [5.41, 5.74) is 5.63. The normalized spacial score (nSPS) is 29.3. The molecule has 1 aromatic heterocycles. The molecule has 1 aliphatic heterocycles. The van der Waals surface area contributed by atoms with E-state index in [9.17, 15) is 5.11 Å². The summed E-state index contributed by atoms with van der Waals surface area (Å²) in [6.45, 7) is 1.74. The second-order valence-corrected chi connectivity index (χ2v) is 5.50. The van der Waals surface area contributed by atoms with Crippen LogP contribution in [0.25, 0.3) is 0 Å². The van der Waals surface area contributed by atoms with Crippen LogP contribution in [0.15, 0.2) is 12.4 Å². The van der Waals surface area contributed by atoms with Crippen LogP contribution >= 0.6 is 0 Å². The van der Waals surface area contributed by atoms with Gasteiger partial charge in [-0.2, -0.15) is 0 Å². The fraction of sp³-hybridized carbons (Fsp3) is 0.692. The van der Waals surface area contributed by atoms with Crippen molar-refractivity contribution in [3.05, 3.63) is 12.4 Å².